The second-order valence-electron chi connectivity index (χ2n) is 6.02. The molecule has 0 unspecified atom stereocenters. The minimum absolute atomic E-state index is 0.187. The van der Waals surface area contributed by atoms with Crippen LogP contribution in [0.4, 0.5) is 0 Å². The maximum atomic E-state index is 10.9. The van der Waals surface area contributed by atoms with Crippen LogP contribution in [-0.2, 0) is 0 Å². The zero-order chi connectivity index (χ0) is 11.9. The van der Waals surface area contributed by atoms with Gasteiger partial charge in [0.1, 0.15) is 0 Å². The summed E-state index contributed by atoms with van der Waals surface area (Å²) < 4.78 is 0. The fourth-order valence-electron chi connectivity index (χ4n) is 2.59. The molecular weight excluding hydrogens is 190 g/mol. The van der Waals surface area contributed by atoms with Crippen molar-refractivity contribution in [2.24, 2.45) is 5.29 Å². The fourth-order valence-corrected chi connectivity index (χ4v) is 2.59. The van der Waals surface area contributed by atoms with Gasteiger partial charge in [0.15, 0.2) is 0 Å². The van der Waals surface area contributed by atoms with Gasteiger partial charge in [0.25, 0.3) is 0 Å². The van der Waals surface area contributed by atoms with Crippen LogP contribution >= 0.6 is 0 Å². The average Bonchev–Trinajstić information content (AvgIpc) is 1.99. The monoisotopic (exact) mass is 213 g/mol. The van der Waals surface area contributed by atoms with Crippen LogP contribution in [-0.4, -0.2) is 40.1 Å². The Hall–Kier alpha value is -0.640. The molecule has 4 heteroatoms. The van der Waals surface area contributed by atoms with Gasteiger partial charge in [-0.05, 0) is 41.5 Å². The normalized spacial score (nSPS) is 25.7. The Bertz CT molecular complexity index is 230. The van der Waals surface area contributed by atoms with E-state index in [1.807, 2.05) is 0 Å². The van der Waals surface area contributed by atoms with Crippen LogP contribution in [0.1, 0.15) is 41.5 Å². The first kappa shape index (κ1) is 12.4. The first-order valence-corrected chi connectivity index (χ1v) is 5.58. The fraction of sp³-hybridized carbons (Fsp3) is 1.00. The lowest BCUT2D eigenvalue weighted by atomic mass is 9.89. The summed E-state index contributed by atoms with van der Waals surface area (Å²) in [5, 5.41) is 4.91. The molecule has 0 aliphatic carbocycles. The van der Waals surface area contributed by atoms with Crippen LogP contribution in [0, 0.1) is 4.91 Å². The lowest BCUT2D eigenvalue weighted by Crippen LogP contribution is -2.67. The van der Waals surface area contributed by atoms with E-state index < -0.39 is 0 Å². The van der Waals surface area contributed by atoms with Crippen LogP contribution in [0.25, 0.3) is 0 Å². The minimum atomic E-state index is -0.187. The topological polar surface area (TPSA) is 35.9 Å². The second-order valence-corrected chi connectivity index (χ2v) is 6.02. The highest BCUT2D eigenvalue weighted by Crippen LogP contribution is 2.33. The number of nitroso groups, excluding NO2 is 1. The predicted octanol–water partition coefficient (Wildman–Crippen LogP) is 2.25. The molecular formula is C11H23N3O. The van der Waals surface area contributed by atoms with Crippen LogP contribution in [0.2, 0.25) is 0 Å². The molecule has 0 radical (unpaired) electrons. The summed E-state index contributed by atoms with van der Waals surface area (Å²) in [6.07, 6.45) is 0. The van der Waals surface area contributed by atoms with E-state index in [1.54, 1.807) is 5.01 Å². The van der Waals surface area contributed by atoms with Crippen molar-refractivity contribution in [3.8, 4) is 0 Å². The van der Waals surface area contributed by atoms with E-state index in [4.69, 9.17) is 0 Å². The molecule has 4 nitrogen and oxygen atoms in total. The number of hydrogen-bond donors (Lipinski definition) is 0. The highest BCUT2D eigenvalue weighted by atomic mass is 16.3. The summed E-state index contributed by atoms with van der Waals surface area (Å²) in [7, 11) is 0. The molecule has 1 heterocycles. The molecule has 88 valence electrons. The highest BCUT2D eigenvalue weighted by molar-refractivity contribution is 4.99. The zero-order valence-electron chi connectivity index (χ0n) is 10.7. The quantitative estimate of drug-likeness (QED) is 0.660. The van der Waals surface area contributed by atoms with Crippen molar-refractivity contribution in [2.75, 3.05) is 13.1 Å². The van der Waals surface area contributed by atoms with Crippen molar-refractivity contribution < 1.29 is 0 Å². The van der Waals surface area contributed by atoms with Gasteiger partial charge in [-0.3, -0.25) is 4.90 Å². The number of rotatable bonds is 2. The number of hydrogen-bond acceptors (Lipinski definition) is 3. The first-order valence-electron chi connectivity index (χ1n) is 5.58. The molecule has 0 spiro atoms. The Morgan fingerprint density at radius 3 is 1.73 bits per heavy atom. The molecule has 1 fully saturated rings. The third-order valence-corrected chi connectivity index (χ3v) is 3.14. The SMILES string of the molecule is CC(C)N1CC(C)(C)N(N=O)C(C)(C)C1. The highest BCUT2D eigenvalue weighted by Gasteiger charge is 2.45. The van der Waals surface area contributed by atoms with E-state index >= 15 is 0 Å². The summed E-state index contributed by atoms with van der Waals surface area (Å²) in [5.41, 5.74) is -0.373. The minimum Gasteiger partial charge on any atom is -0.296 e. The Morgan fingerprint density at radius 1 is 1.07 bits per heavy atom. The Balaban J connectivity index is 2.95. The Labute approximate surface area is 92.6 Å². The molecule has 0 N–H and O–H groups in total. The van der Waals surface area contributed by atoms with Crippen LogP contribution in [0.5, 0.6) is 0 Å². The van der Waals surface area contributed by atoms with Crippen molar-refractivity contribution in [2.45, 2.75) is 58.7 Å². The third kappa shape index (κ3) is 2.30. The average molecular weight is 213 g/mol. The van der Waals surface area contributed by atoms with Crippen LogP contribution in [0.3, 0.4) is 0 Å². The lowest BCUT2D eigenvalue weighted by molar-refractivity contribution is -0.0780. The summed E-state index contributed by atoms with van der Waals surface area (Å²) >= 11 is 0. The summed E-state index contributed by atoms with van der Waals surface area (Å²) in [4.78, 5) is 13.3. The van der Waals surface area contributed by atoms with Gasteiger partial charge in [-0.15, -0.1) is 4.91 Å². The second kappa shape index (κ2) is 3.74. The van der Waals surface area contributed by atoms with Gasteiger partial charge in [0.05, 0.1) is 16.4 Å². The molecule has 1 aliphatic rings. The van der Waals surface area contributed by atoms with Crippen molar-refractivity contribution in [3.05, 3.63) is 4.91 Å². The Morgan fingerprint density at radius 2 is 1.47 bits per heavy atom. The first-order chi connectivity index (χ1) is 6.70. The van der Waals surface area contributed by atoms with Crippen LogP contribution in [0.15, 0.2) is 5.29 Å². The molecule has 1 saturated heterocycles. The molecule has 0 atom stereocenters. The maximum Gasteiger partial charge on any atom is 0.0688 e. The molecule has 0 amide bonds. The molecule has 0 bridgehead atoms. The summed E-state index contributed by atoms with van der Waals surface area (Å²) in [5.74, 6) is 0. The summed E-state index contributed by atoms with van der Waals surface area (Å²) in [6.45, 7) is 14.5. The molecule has 1 aliphatic heterocycles. The largest absolute Gasteiger partial charge is 0.296 e. The van der Waals surface area contributed by atoms with E-state index in [2.05, 4.69) is 51.7 Å². The molecule has 1 rings (SSSR count). The Kier molecular flexibility index (Phi) is 3.10. The number of nitrogens with zero attached hydrogens (tertiary/aromatic N) is 3. The molecule has 0 aromatic rings. The third-order valence-electron chi connectivity index (χ3n) is 3.14. The van der Waals surface area contributed by atoms with Gasteiger partial charge in [-0.1, -0.05) is 0 Å². The molecule has 0 aromatic carbocycles. The zero-order valence-corrected chi connectivity index (χ0v) is 10.7. The van der Waals surface area contributed by atoms with Crippen molar-refractivity contribution in [1.29, 1.82) is 0 Å². The van der Waals surface area contributed by atoms with Gasteiger partial charge >= 0.3 is 0 Å². The van der Waals surface area contributed by atoms with E-state index in [0.717, 1.165) is 13.1 Å². The van der Waals surface area contributed by atoms with E-state index in [-0.39, 0.29) is 11.1 Å². The van der Waals surface area contributed by atoms with E-state index in [1.165, 1.54) is 0 Å². The van der Waals surface area contributed by atoms with Gasteiger partial charge < -0.3 is 0 Å². The standard InChI is InChI=1S/C11H23N3O/c1-9(2)13-7-10(3,4)14(12-15)11(5,6)8-13/h9H,7-8H2,1-6H3. The van der Waals surface area contributed by atoms with E-state index in [0.29, 0.717) is 6.04 Å². The van der Waals surface area contributed by atoms with Gasteiger partial charge in [-0.25, -0.2) is 5.01 Å². The smallest absolute Gasteiger partial charge is 0.0688 e. The van der Waals surface area contributed by atoms with E-state index in [9.17, 15) is 4.91 Å². The van der Waals surface area contributed by atoms with Gasteiger partial charge in [0, 0.05) is 19.1 Å². The van der Waals surface area contributed by atoms with Gasteiger partial charge in [-0.2, -0.15) is 0 Å². The van der Waals surface area contributed by atoms with Crippen LogP contribution < -0.4 is 0 Å². The van der Waals surface area contributed by atoms with Gasteiger partial charge in [0.2, 0.25) is 0 Å². The molecule has 15 heavy (non-hydrogen) atoms. The summed E-state index contributed by atoms with van der Waals surface area (Å²) in [6, 6.07) is 0.511. The molecule has 0 saturated carbocycles. The predicted molar refractivity (Wildman–Crippen MR) is 62.5 cm³/mol. The molecule has 0 aromatic heterocycles. The lowest BCUT2D eigenvalue weighted by Gasteiger charge is -2.54. The number of piperazine rings is 1. The van der Waals surface area contributed by atoms with Crippen molar-refractivity contribution in [1.82, 2.24) is 9.91 Å². The van der Waals surface area contributed by atoms with Crippen molar-refractivity contribution >= 4 is 0 Å². The van der Waals surface area contributed by atoms with Crippen molar-refractivity contribution in [3.63, 3.8) is 0 Å². The maximum absolute atomic E-state index is 10.9.